The molecule has 5 rings (SSSR count). The molecule has 6 nitrogen and oxygen atoms in total. The van der Waals surface area contributed by atoms with Crippen LogP contribution in [-0.2, 0) is 43.5 Å². The normalized spacial score (nSPS) is 26.9. The molecule has 0 spiro atoms. The van der Waals surface area contributed by atoms with Crippen LogP contribution in [0.25, 0.3) is 0 Å². The third-order valence-corrected chi connectivity index (χ3v) is 6.11. The first-order chi connectivity index (χ1) is 16.8. The van der Waals surface area contributed by atoms with E-state index in [0.717, 1.165) is 16.7 Å². The molecule has 2 heterocycles. The minimum Gasteiger partial charge on any atom is -0.387 e. The van der Waals surface area contributed by atoms with Crippen molar-refractivity contribution in [2.24, 2.45) is 0 Å². The number of ether oxygens (including phenoxy) is 5. The number of rotatable bonds is 11. The molecule has 6 heteroatoms. The van der Waals surface area contributed by atoms with Gasteiger partial charge in [0.1, 0.15) is 30.5 Å². The van der Waals surface area contributed by atoms with Gasteiger partial charge in [0.2, 0.25) is 0 Å². The lowest BCUT2D eigenvalue weighted by molar-refractivity contribution is -0.195. The lowest BCUT2D eigenvalue weighted by Crippen LogP contribution is -2.44. The molecule has 34 heavy (non-hydrogen) atoms. The van der Waals surface area contributed by atoms with Crippen molar-refractivity contribution >= 4 is 0 Å². The van der Waals surface area contributed by atoms with Gasteiger partial charge in [0.25, 0.3) is 0 Å². The molecule has 2 fully saturated rings. The molecule has 6 atom stereocenters. The highest BCUT2D eigenvalue weighted by Crippen LogP contribution is 2.34. The molecule has 2 aliphatic rings. The third kappa shape index (κ3) is 5.91. The predicted molar refractivity (Wildman–Crippen MR) is 126 cm³/mol. The highest BCUT2D eigenvalue weighted by Gasteiger charge is 2.53. The fourth-order valence-electron chi connectivity index (χ4n) is 4.17. The van der Waals surface area contributed by atoms with Gasteiger partial charge in [-0.3, -0.25) is 0 Å². The second kappa shape index (κ2) is 11.2. The highest BCUT2D eigenvalue weighted by molar-refractivity contribution is 5.15. The van der Waals surface area contributed by atoms with Gasteiger partial charge in [0, 0.05) is 0 Å². The summed E-state index contributed by atoms with van der Waals surface area (Å²) in [6.45, 7) is 1.64. The van der Waals surface area contributed by atoms with Crippen molar-refractivity contribution in [2.45, 2.75) is 56.6 Å². The molecule has 0 saturated carbocycles. The summed E-state index contributed by atoms with van der Waals surface area (Å²) >= 11 is 0. The van der Waals surface area contributed by atoms with E-state index in [1.165, 1.54) is 0 Å². The van der Waals surface area contributed by atoms with Crippen molar-refractivity contribution < 1.29 is 28.8 Å². The van der Waals surface area contributed by atoms with Crippen molar-refractivity contribution in [3.8, 4) is 0 Å². The van der Waals surface area contributed by atoms with Crippen LogP contribution in [0.3, 0.4) is 0 Å². The maximum atomic E-state index is 10.9. The maximum Gasteiger partial charge on any atom is 0.187 e. The maximum absolute atomic E-state index is 10.9. The summed E-state index contributed by atoms with van der Waals surface area (Å²) in [5, 5.41) is 10.9. The van der Waals surface area contributed by atoms with Gasteiger partial charge in [-0.2, -0.15) is 0 Å². The summed E-state index contributed by atoms with van der Waals surface area (Å²) in [7, 11) is 0. The van der Waals surface area contributed by atoms with Crippen LogP contribution in [0.4, 0.5) is 0 Å². The lowest BCUT2D eigenvalue weighted by Gasteiger charge is -2.26. The molecular formula is C28H30O6. The van der Waals surface area contributed by atoms with Gasteiger partial charge < -0.3 is 28.8 Å². The summed E-state index contributed by atoms with van der Waals surface area (Å²) in [4.78, 5) is 0. The quantitative estimate of drug-likeness (QED) is 0.437. The Labute approximate surface area is 200 Å². The van der Waals surface area contributed by atoms with Crippen LogP contribution in [0.2, 0.25) is 0 Å². The zero-order chi connectivity index (χ0) is 23.2. The number of aliphatic hydroxyl groups excluding tert-OH is 1. The summed E-state index contributed by atoms with van der Waals surface area (Å²) < 4.78 is 30.5. The zero-order valence-electron chi connectivity index (χ0n) is 18.9. The Morgan fingerprint density at radius 1 is 0.676 bits per heavy atom. The molecule has 2 saturated heterocycles. The van der Waals surface area contributed by atoms with Gasteiger partial charge in [-0.15, -0.1) is 0 Å². The smallest absolute Gasteiger partial charge is 0.187 e. The fourth-order valence-corrected chi connectivity index (χ4v) is 4.17. The molecule has 3 aromatic carbocycles. The van der Waals surface area contributed by atoms with Crippen LogP contribution in [0.1, 0.15) is 16.7 Å². The largest absolute Gasteiger partial charge is 0.387 e. The van der Waals surface area contributed by atoms with E-state index in [9.17, 15) is 5.11 Å². The Bertz CT molecular complexity index is 995. The SMILES string of the molecule is O[C@@H]([C@@H]1O[C@H](OCc2ccccc2)[C@H](OCc2ccccc2)[C@H]1OCc1ccccc1)[C@H]1CO1. The minimum atomic E-state index is -0.825. The molecule has 2 aliphatic heterocycles. The van der Waals surface area contributed by atoms with Gasteiger partial charge in [-0.1, -0.05) is 91.0 Å². The molecule has 0 radical (unpaired) electrons. The summed E-state index contributed by atoms with van der Waals surface area (Å²) in [6.07, 6.45) is -3.44. The number of epoxide rings is 1. The van der Waals surface area contributed by atoms with E-state index in [1.54, 1.807) is 0 Å². The van der Waals surface area contributed by atoms with Crippen molar-refractivity contribution in [1.82, 2.24) is 0 Å². The molecular weight excluding hydrogens is 432 g/mol. The Balaban J connectivity index is 1.35. The Kier molecular flexibility index (Phi) is 7.65. The summed E-state index contributed by atoms with van der Waals surface area (Å²) in [5.41, 5.74) is 3.11. The summed E-state index contributed by atoms with van der Waals surface area (Å²) in [5.74, 6) is 0. The van der Waals surface area contributed by atoms with E-state index in [0.29, 0.717) is 26.4 Å². The molecule has 1 N–H and O–H groups in total. The first-order valence-electron chi connectivity index (χ1n) is 11.7. The summed E-state index contributed by atoms with van der Waals surface area (Å²) in [6, 6.07) is 29.8. The number of hydrogen-bond acceptors (Lipinski definition) is 6. The Hall–Kier alpha value is -2.58. The van der Waals surface area contributed by atoms with E-state index in [1.807, 2.05) is 91.0 Å². The average molecular weight is 463 g/mol. The van der Waals surface area contributed by atoms with Crippen molar-refractivity contribution in [3.05, 3.63) is 108 Å². The Morgan fingerprint density at radius 3 is 1.59 bits per heavy atom. The number of benzene rings is 3. The van der Waals surface area contributed by atoms with Crippen LogP contribution in [0, 0.1) is 0 Å². The zero-order valence-corrected chi connectivity index (χ0v) is 18.9. The van der Waals surface area contributed by atoms with Gasteiger partial charge in [-0.25, -0.2) is 0 Å². The van der Waals surface area contributed by atoms with Gasteiger partial charge >= 0.3 is 0 Å². The van der Waals surface area contributed by atoms with Gasteiger partial charge in [-0.05, 0) is 16.7 Å². The average Bonchev–Trinajstić information content (AvgIpc) is 3.69. The second-order valence-corrected chi connectivity index (χ2v) is 8.65. The second-order valence-electron chi connectivity index (χ2n) is 8.65. The van der Waals surface area contributed by atoms with Crippen LogP contribution < -0.4 is 0 Å². The molecule has 0 unspecified atom stereocenters. The first kappa shape index (κ1) is 23.2. The van der Waals surface area contributed by atoms with Crippen molar-refractivity contribution in [2.75, 3.05) is 6.61 Å². The third-order valence-electron chi connectivity index (χ3n) is 6.11. The predicted octanol–water partition coefficient (Wildman–Crippen LogP) is 3.86. The molecule has 0 aromatic heterocycles. The van der Waals surface area contributed by atoms with E-state index < -0.39 is 30.7 Å². The number of aliphatic hydroxyl groups is 1. The van der Waals surface area contributed by atoms with Crippen LogP contribution in [0.15, 0.2) is 91.0 Å². The topological polar surface area (TPSA) is 69.7 Å². The first-order valence-corrected chi connectivity index (χ1v) is 11.7. The van der Waals surface area contributed by atoms with Gasteiger partial charge in [0.15, 0.2) is 6.29 Å². The molecule has 0 aliphatic carbocycles. The van der Waals surface area contributed by atoms with Crippen LogP contribution in [-0.4, -0.2) is 48.5 Å². The van der Waals surface area contributed by atoms with E-state index >= 15 is 0 Å². The monoisotopic (exact) mass is 462 g/mol. The standard InChI is InChI=1S/C28H30O6/c29-24(23-19-30-23)25-26(31-16-20-10-4-1-5-11-20)27(32-17-21-12-6-2-7-13-21)28(34-25)33-18-22-14-8-3-9-15-22/h1-15,23-29H,16-19H2/t23-,24-,25+,26+,27-,28+/m1/s1. The van der Waals surface area contributed by atoms with E-state index in [4.69, 9.17) is 23.7 Å². The van der Waals surface area contributed by atoms with Crippen LogP contribution in [0.5, 0.6) is 0 Å². The molecule has 0 amide bonds. The molecule has 178 valence electrons. The van der Waals surface area contributed by atoms with Gasteiger partial charge in [0.05, 0.1) is 26.4 Å². The lowest BCUT2D eigenvalue weighted by atomic mass is 10.0. The van der Waals surface area contributed by atoms with Crippen LogP contribution >= 0.6 is 0 Å². The van der Waals surface area contributed by atoms with Crippen molar-refractivity contribution in [1.29, 1.82) is 0 Å². The van der Waals surface area contributed by atoms with Crippen molar-refractivity contribution in [3.63, 3.8) is 0 Å². The van der Waals surface area contributed by atoms with E-state index in [-0.39, 0.29) is 6.10 Å². The highest BCUT2D eigenvalue weighted by atomic mass is 16.7. The minimum absolute atomic E-state index is 0.254. The fraction of sp³-hybridized carbons (Fsp3) is 0.357. The van der Waals surface area contributed by atoms with E-state index in [2.05, 4.69) is 0 Å². The molecule has 3 aromatic rings. The number of hydrogen-bond donors (Lipinski definition) is 1. The molecule has 0 bridgehead atoms. The Morgan fingerprint density at radius 2 is 1.12 bits per heavy atom.